The number of hydrogen-bond acceptors (Lipinski definition) is 4. The molecule has 0 radical (unpaired) electrons. The molecule has 5 nitrogen and oxygen atoms in total. The average molecular weight is 308 g/mol. The lowest BCUT2D eigenvalue weighted by Crippen LogP contribution is -2.47. The maximum absolute atomic E-state index is 12.1. The van der Waals surface area contributed by atoms with E-state index in [-0.39, 0.29) is 0 Å². The SMILES string of the molecule is CCOC1=NOC2(CCN(C(=O)CCC(F)(F)F)CC2)C1. The molecule has 0 aromatic rings. The number of ether oxygens (including phenoxy) is 1. The molecule has 1 spiro atoms. The Labute approximate surface area is 121 Å². The van der Waals surface area contributed by atoms with E-state index in [4.69, 9.17) is 9.57 Å². The first-order valence-electron chi connectivity index (χ1n) is 7.06. The van der Waals surface area contributed by atoms with Crippen LogP contribution in [0, 0.1) is 0 Å². The molecule has 1 amide bonds. The highest BCUT2D eigenvalue weighted by molar-refractivity contribution is 5.78. The van der Waals surface area contributed by atoms with Gasteiger partial charge in [0.2, 0.25) is 11.8 Å². The van der Waals surface area contributed by atoms with Crippen molar-refractivity contribution in [1.82, 2.24) is 4.90 Å². The van der Waals surface area contributed by atoms with Gasteiger partial charge in [0.25, 0.3) is 0 Å². The number of amides is 1. The van der Waals surface area contributed by atoms with Gasteiger partial charge < -0.3 is 14.5 Å². The Kier molecular flexibility index (Phi) is 4.63. The Balaban J connectivity index is 1.77. The van der Waals surface area contributed by atoms with Crippen LogP contribution in [0.1, 0.15) is 39.0 Å². The van der Waals surface area contributed by atoms with Gasteiger partial charge in [-0.1, -0.05) is 5.16 Å². The zero-order valence-electron chi connectivity index (χ0n) is 11.9. The molecule has 0 unspecified atom stereocenters. The molecule has 0 atom stereocenters. The summed E-state index contributed by atoms with van der Waals surface area (Å²) >= 11 is 0. The molecule has 0 N–H and O–H groups in total. The third-order valence-electron chi connectivity index (χ3n) is 3.78. The summed E-state index contributed by atoms with van der Waals surface area (Å²) in [6, 6.07) is 0. The number of likely N-dealkylation sites (tertiary alicyclic amines) is 1. The number of nitrogens with zero attached hydrogens (tertiary/aromatic N) is 2. The maximum atomic E-state index is 12.1. The van der Waals surface area contributed by atoms with Crippen molar-refractivity contribution in [1.29, 1.82) is 0 Å². The Morgan fingerprint density at radius 3 is 2.67 bits per heavy atom. The van der Waals surface area contributed by atoms with E-state index in [1.165, 1.54) is 4.90 Å². The van der Waals surface area contributed by atoms with E-state index in [1.807, 2.05) is 6.92 Å². The highest BCUT2D eigenvalue weighted by Gasteiger charge is 2.43. The summed E-state index contributed by atoms with van der Waals surface area (Å²) in [5, 5.41) is 3.88. The first kappa shape index (κ1) is 15.9. The van der Waals surface area contributed by atoms with Gasteiger partial charge >= 0.3 is 6.18 Å². The monoisotopic (exact) mass is 308 g/mol. The van der Waals surface area contributed by atoms with E-state index in [2.05, 4.69) is 5.16 Å². The summed E-state index contributed by atoms with van der Waals surface area (Å²) in [6.45, 7) is 3.16. The van der Waals surface area contributed by atoms with Crippen molar-refractivity contribution in [3.8, 4) is 0 Å². The third-order valence-corrected chi connectivity index (χ3v) is 3.78. The van der Waals surface area contributed by atoms with E-state index >= 15 is 0 Å². The number of carbonyl (C=O) groups is 1. The fraction of sp³-hybridized carbons (Fsp3) is 0.846. The van der Waals surface area contributed by atoms with Gasteiger partial charge in [0.15, 0.2) is 0 Å². The van der Waals surface area contributed by atoms with Crippen molar-refractivity contribution in [3.05, 3.63) is 0 Å². The van der Waals surface area contributed by atoms with Crippen molar-refractivity contribution in [2.75, 3.05) is 19.7 Å². The van der Waals surface area contributed by atoms with E-state index in [1.54, 1.807) is 0 Å². The molecule has 0 bridgehead atoms. The largest absolute Gasteiger partial charge is 0.479 e. The number of hydrogen-bond donors (Lipinski definition) is 0. The summed E-state index contributed by atoms with van der Waals surface area (Å²) in [5.74, 6) is 0.0977. The van der Waals surface area contributed by atoms with Gasteiger partial charge in [0.05, 0.1) is 19.4 Å². The number of piperidine rings is 1. The molecule has 1 saturated heterocycles. The Morgan fingerprint density at radius 2 is 2.10 bits per heavy atom. The molecule has 2 rings (SSSR count). The number of rotatable bonds is 3. The van der Waals surface area contributed by atoms with Crippen LogP contribution >= 0.6 is 0 Å². The molecular weight excluding hydrogens is 289 g/mol. The maximum Gasteiger partial charge on any atom is 0.389 e. The average Bonchev–Trinajstić information content (AvgIpc) is 2.80. The minimum absolute atomic E-state index is 0.394. The first-order valence-corrected chi connectivity index (χ1v) is 7.06. The summed E-state index contributed by atoms with van der Waals surface area (Å²) in [5.41, 5.74) is -0.453. The fourth-order valence-corrected chi connectivity index (χ4v) is 2.57. The van der Waals surface area contributed by atoms with E-state index < -0.39 is 30.5 Å². The summed E-state index contributed by atoms with van der Waals surface area (Å²) < 4.78 is 41.7. The van der Waals surface area contributed by atoms with Gasteiger partial charge in [-0.05, 0) is 6.92 Å². The second-order valence-corrected chi connectivity index (χ2v) is 5.37. The second-order valence-electron chi connectivity index (χ2n) is 5.37. The van der Waals surface area contributed by atoms with Gasteiger partial charge in [-0.25, -0.2) is 0 Å². The highest BCUT2D eigenvalue weighted by atomic mass is 19.4. The Hall–Kier alpha value is -1.47. The van der Waals surface area contributed by atoms with Crippen LogP contribution in [0.15, 0.2) is 5.16 Å². The fourth-order valence-electron chi connectivity index (χ4n) is 2.57. The summed E-state index contributed by atoms with van der Waals surface area (Å²) in [4.78, 5) is 18.7. The van der Waals surface area contributed by atoms with Gasteiger partial charge in [-0.2, -0.15) is 13.2 Å². The Morgan fingerprint density at radius 1 is 1.43 bits per heavy atom. The zero-order valence-corrected chi connectivity index (χ0v) is 11.9. The lowest BCUT2D eigenvalue weighted by atomic mass is 9.88. The number of alkyl halides is 3. The molecule has 21 heavy (non-hydrogen) atoms. The van der Waals surface area contributed by atoms with Gasteiger partial charge in [0.1, 0.15) is 5.60 Å². The third kappa shape index (κ3) is 4.25. The number of oxime groups is 1. The Bertz CT molecular complexity index is 415. The van der Waals surface area contributed by atoms with Crippen LogP contribution in [-0.2, 0) is 14.4 Å². The van der Waals surface area contributed by atoms with Crippen LogP contribution in [0.25, 0.3) is 0 Å². The summed E-state index contributed by atoms with van der Waals surface area (Å²) in [6.07, 6.45) is -4.16. The smallest absolute Gasteiger partial charge is 0.389 e. The van der Waals surface area contributed by atoms with Crippen LogP contribution in [0.2, 0.25) is 0 Å². The van der Waals surface area contributed by atoms with Gasteiger partial charge in [-0.15, -0.1) is 0 Å². The van der Waals surface area contributed by atoms with E-state index in [0.29, 0.717) is 44.9 Å². The van der Waals surface area contributed by atoms with Gasteiger partial charge in [-0.3, -0.25) is 4.79 Å². The predicted octanol–water partition coefficient (Wildman–Crippen LogP) is 2.46. The molecule has 1 fully saturated rings. The van der Waals surface area contributed by atoms with Crippen LogP contribution in [0.5, 0.6) is 0 Å². The lowest BCUT2D eigenvalue weighted by Gasteiger charge is -2.37. The predicted molar refractivity (Wildman–Crippen MR) is 68.6 cm³/mol. The number of carbonyl (C=O) groups excluding carboxylic acids is 1. The van der Waals surface area contributed by atoms with Crippen molar-refractivity contribution >= 4 is 11.8 Å². The van der Waals surface area contributed by atoms with Crippen molar-refractivity contribution in [2.24, 2.45) is 5.16 Å². The highest BCUT2D eigenvalue weighted by Crippen LogP contribution is 2.35. The molecule has 0 aromatic carbocycles. The zero-order chi connectivity index (χ0) is 15.5. The molecule has 120 valence electrons. The van der Waals surface area contributed by atoms with Crippen LogP contribution in [0.3, 0.4) is 0 Å². The van der Waals surface area contributed by atoms with E-state index in [9.17, 15) is 18.0 Å². The van der Waals surface area contributed by atoms with E-state index in [0.717, 1.165) is 0 Å². The molecule has 2 aliphatic rings. The molecule has 0 aliphatic carbocycles. The molecule has 0 aromatic heterocycles. The van der Waals surface area contributed by atoms with Crippen LogP contribution in [0.4, 0.5) is 13.2 Å². The van der Waals surface area contributed by atoms with Crippen molar-refractivity contribution in [3.63, 3.8) is 0 Å². The van der Waals surface area contributed by atoms with Crippen LogP contribution < -0.4 is 0 Å². The lowest BCUT2D eigenvalue weighted by molar-refractivity contribution is -0.152. The minimum Gasteiger partial charge on any atom is -0.479 e. The minimum atomic E-state index is -4.29. The summed E-state index contributed by atoms with van der Waals surface area (Å²) in [7, 11) is 0. The number of halogens is 3. The van der Waals surface area contributed by atoms with Crippen molar-refractivity contribution in [2.45, 2.75) is 50.8 Å². The molecule has 2 aliphatic heterocycles. The molecule has 0 saturated carbocycles. The standard InChI is InChI=1S/C13H19F3N2O3/c1-2-20-10-9-12(21-17-10)5-7-18(8-6-12)11(19)3-4-13(14,15)16/h2-9H2,1H3. The normalized spacial score (nSPS) is 21.1. The quantitative estimate of drug-likeness (QED) is 0.805. The topological polar surface area (TPSA) is 51.1 Å². The van der Waals surface area contributed by atoms with Crippen molar-refractivity contribution < 1.29 is 27.5 Å². The molecular formula is C13H19F3N2O3. The molecule has 8 heteroatoms. The molecule has 2 heterocycles. The first-order chi connectivity index (χ1) is 9.84. The second kappa shape index (κ2) is 6.11. The van der Waals surface area contributed by atoms with Crippen LogP contribution in [-0.4, -0.2) is 48.2 Å². The van der Waals surface area contributed by atoms with Gasteiger partial charge in [0, 0.05) is 32.4 Å².